The normalized spacial score (nSPS) is 10.7. The third kappa shape index (κ3) is 4.85. The quantitative estimate of drug-likeness (QED) is 0.735. The van der Waals surface area contributed by atoms with Crippen molar-refractivity contribution in [3.63, 3.8) is 0 Å². The van der Waals surface area contributed by atoms with E-state index in [1.165, 1.54) is 6.33 Å². The Morgan fingerprint density at radius 1 is 1.33 bits per heavy atom. The van der Waals surface area contributed by atoms with Gasteiger partial charge in [-0.1, -0.05) is 0 Å². The molecule has 0 radical (unpaired) electrons. The van der Waals surface area contributed by atoms with Gasteiger partial charge in [-0.3, -0.25) is 0 Å². The molecule has 0 saturated carbocycles. The van der Waals surface area contributed by atoms with E-state index in [0.29, 0.717) is 19.0 Å². The molecular weight excluding hydrogens is 232 g/mol. The Balaban J connectivity index is 2.76. The van der Waals surface area contributed by atoms with Crippen molar-refractivity contribution in [1.29, 1.82) is 0 Å². The fraction of sp³-hybridized carbons (Fsp3) is 0.667. The topological polar surface area (TPSA) is 73.5 Å². The van der Waals surface area contributed by atoms with Gasteiger partial charge in [0, 0.05) is 32.8 Å². The van der Waals surface area contributed by atoms with Crippen LogP contribution in [-0.4, -0.2) is 49.4 Å². The Morgan fingerprint density at radius 3 is 2.72 bits per heavy atom. The first-order valence-electron chi connectivity index (χ1n) is 6.10. The minimum Gasteiger partial charge on any atom is -0.475 e. The van der Waals surface area contributed by atoms with Crippen LogP contribution < -0.4 is 15.4 Å². The Hall–Kier alpha value is -1.40. The highest BCUT2D eigenvalue weighted by Crippen LogP contribution is 2.16. The maximum Gasteiger partial charge on any atom is 0.218 e. The number of nitrogens with two attached hydrogens (primary N) is 1. The van der Waals surface area contributed by atoms with Crippen molar-refractivity contribution in [3.05, 3.63) is 12.4 Å². The molecule has 1 heterocycles. The van der Waals surface area contributed by atoms with Crippen molar-refractivity contribution in [1.82, 2.24) is 9.97 Å². The number of methoxy groups -OCH3 is 1. The zero-order valence-electron chi connectivity index (χ0n) is 11.3. The van der Waals surface area contributed by atoms with Crippen molar-refractivity contribution < 1.29 is 9.47 Å². The van der Waals surface area contributed by atoms with Gasteiger partial charge in [-0.15, -0.1) is 0 Å². The van der Waals surface area contributed by atoms with Gasteiger partial charge in [-0.25, -0.2) is 9.97 Å². The molecule has 0 aliphatic carbocycles. The van der Waals surface area contributed by atoms with Crippen molar-refractivity contribution in [2.45, 2.75) is 20.0 Å². The lowest BCUT2D eigenvalue weighted by atomic mass is 10.4. The fourth-order valence-corrected chi connectivity index (χ4v) is 1.51. The zero-order chi connectivity index (χ0) is 13.4. The molecule has 2 N–H and O–H groups in total. The van der Waals surface area contributed by atoms with Crippen LogP contribution in [0, 0.1) is 0 Å². The third-order valence-electron chi connectivity index (χ3n) is 2.27. The van der Waals surface area contributed by atoms with Crippen molar-refractivity contribution in [3.8, 4) is 5.88 Å². The molecule has 0 unspecified atom stereocenters. The van der Waals surface area contributed by atoms with Gasteiger partial charge in [0.25, 0.3) is 0 Å². The number of hydrogen-bond donors (Lipinski definition) is 1. The van der Waals surface area contributed by atoms with Gasteiger partial charge in [0.1, 0.15) is 12.1 Å². The molecule has 0 aromatic carbocycles. The molecule has 0 aliphatic rings. The van der Waals surface area contributed by atoms with E-state index in [2.05, 4.69) is 14.9 Å². The first-order chi connectivity index (χ1) is 8.67. The molecule has 1 rings (SSSR count). The largest absolute Gasteiger partial charge is 0.475 e. The molecule has 102 valence electrons. The smallest absolute Gasteiger partial charge is 0.218 e. The molecular formula is C12H22N4O2. The lowest BCUT2D eigenvalue weighted by Crippen LogP contribution is -2.33. The Kier molecular flexibility index (Phi) is 6.38. The van der Waals surface area contributed by atoms with Crippen LogP contribution in [-0.2, 0) is 4.74 Å². The highest BCUT2D eigenvalue weighted by molar-refractivity contribution is 5.40. The molecule has 18 heavy (non-hydrogen) atoms. The van der Waals surface area contributed by atoms with Gasteiger partial charge >= 0.3 is 0 Å². The van der Waals surface area contributed by atoms with Crippen LogP contribution in [0.2, 0.25) is 0 Å². The summed E-state index contributed by atoms with van der Waals surface area (Å²) in [6.07, 6.45) is 1.60. The summed E-state index contributed by atoms with van der Waals surface area (Å²) in [6.45, 7) is 6.58. The lowest BCUT2D eigenvalue weighted by Gasteiger charge is -2.22. The van der Waals surface area contributed by atoms with Gasteiger partial charge < -0.3 is 20.1 Å². The second-order valence-electron chi connectivity index (χ2n) is 4.15. The second-order valence-corrected chi connectivity index (χ2v) is 4.15. The van der Waals surface area contributed by atoms with Gasteiger partial charge in [0.05, 0.1) is 12.7 Å². The summed E-state index contributed by atoms with van der Waals surface area (Å²) in [5.41, 5.74) is 5.60. The molecule has 6 nitrogen and oxygen atoms in total. The average Bonchev–Trinajstić information content (AvgIpc) is 2.34. The Bertz CT molecular complexity index is 347. The SMILES string of the molecule is COCCN(CCN)c1cc(OC(C)C)ncn1. The molecule has 0 aliphatic heterocycles. The number of rotatable bonds is 8. The van der Waals surface area contributed by atoms with E-state index in [-0.39, 0.29) is 6.10 Å². The van der Waals surface area contributed by atoms with E-state index in [0.717, 1.165) is 18.9 Å². The number of nitrogens with zero attached hydrogens (tertiary/aromatic N) is 3. The molecule has 0 bridgehead atoms. The standard InChI is InChI=1S/C12H22N4O2/c1-10(2)18-12-8-11(14-9-15-12)16(5-4-13)6-7-17-3/h8-10H,4-7,13H2,1-3H3. The molecule has 0 spiro atoms. The van der Waals surface area contributed by atoms with Gasteiger partial charge in [0.2, 0.25) is 5.88 Å². The molecule has 6 heteroatoms. The third-order valence-corrected chi connectivity index (χ3v) is 2.27. The van der Waals surface area contributed by atoms with Crippen LogP contribution >= 0.6 is 0 Å². The highest BCUT2D eigenvalue weighted by Gasteiger charge is 2.09. The van der Waals surface area contributed by atoms with Crippen LogP contribution in [0.25, 0.3) is 0 Å². The summed E-state index contributed by atoms with van der Waals surface area (Å²) in [6, 6.07) is 1.82. The summed E-state index contributed by atoms with van der Waals surface area (Å²) < 4.78 is 10.6. The predicted octanol–water partition coefficient (Wildman–Crippen LogP) is 0.675. The molecule has 0 fully saturated rings. The van der Waals surface area contributed by atoms with Crippen LogP contribution in [0.5, 0.6) is 5.88 Å². The van der Waals surface area contributed by atoms with Crippen molar-refractivity contribution in [2.24, 2.45) is 5.73 Å². The average molecular weight is 254 g/mol. The van der Waals surface area contributed by atoms with Gasteiger partial charge in [-0.05, 0) is 13.8 Å². The monoisotopic (exact) mass is 254 g/mol. The summed E-state index contributed by atoms with van der Waals surface area (Å²) >= 11 is 0. The van der Waals surface area contributed by atoms with Crippen LogP contribution in [0.4, 0.5) is 5.82 Å². The molecule has 1 aromatic heterocycles. The van der Waals surface area contributed by atoms with E-state index in [4.69, 9.17) is 15.2 Å². The molecule has 0 atom stereocenters. The number of hydrogen-bond acceptors (Lipinski definition) is 6. The maximum absolute atomic E-state index is 5.60. The van der Waals surface area contributed by atoms with E-state index in [1.807, 2.05) is 19.9 Å². The molecule has 0 amide bonds. The highest BCUT2D eigenvalue weighted by atomic mass is 16.5. The molecule has 0 saturated heterocycles. The van der Waals surface area contributed by atoms with Crippen LogP contribution in [0.15, 0.2) is 12.4 Å². The van der Waals surface area contributed by atoms with E-state index in [1.54, 1.807) is 7.11 Å². The van der Waals surface area contributed by atoms with E-state index < -0.39 is 0 Å². The van der Waals surface area contributed by atoms with E-state index in [9.17, 15) is 0 Å². The minimum absolute atomic E-state index is 0.0923. The summed E-state index contributed by atoms with van der Waals surface area (Å²) in [5, 5.41) is 0. The predicted molar refractivity (Wildman–Crippen MR) is 70.9 cm³/mol. The Labute approximate surface area is 108 Å². The zero-order valence-corrected chi connectivity index (χ0v) is 11.3. The maximum atomic E-state index is 5.60. The van der Waals surface area contributed by atoms with Crippen molar-refractivity contribution >= 4 is 5.82 Å². The second kappa shape index (κ2) is 7.84. The Morgan fingerprint density at radius 2 is 2.11 bits per heavy atom. The summed E-state index contributed by atoms with van der Waals surface area (Å²) in [7, 11) is 1.67. The van der Waals surface area contributed by atoms with Crippen molar-refractivity contribution in [2.75, 3.05) is 38.3 Å². The van der Waals surface area contributed by atoms with Crippen LogP contribution in [0.3, 0.4) is 0 Å². The van der Waals surface area contributed by atoms with Gasteiger partial charge in [-0.2, -0.15) is 0 Å². The molecule has 1 aromatic rings. The first-order valence-corrected chi connectivity index (χ1v) is 6.10. The van der Waals surface area contributed by atoms with Gasteiger partial charge in [0.15, 0.2) is 0 Å². The lowest BCUT2D eigenvalue weighted by molar-refractivity contribution is 0.205. The summed E-state index contributed by atoms with van der Waals surface area (Å²) in [4.78, 5) is 10.4. The summed E-state index contributed by atoms with van der Waals surface area (Å²) in [5.74, 6) is 1.39. The van der Waals surface area contributed by atoms with Crippen LogP contribution in [0.1, 0.15) is 13.8 Å². The fourth-order valence-electron chi connectivity index (χ4n) is 1.51. The first kappa shape index (κ1) is 14.7. The number of anilines is 1. The van der Waals surface area contributed by atoms with E-state index >= 15 is 0 Å². The number of ether oxygens (including phenoxy) is 2. The number of aromatic nitrogens is 2. The minimum atomic E-state index is 0.0923.